The Labute approximate surface area is 134 Å². The maximum absolute atomic E-state index is 13.1. The molecule has 0 aliphatic carbocycles. The van der Waals surface area contributed by atoms with Crippen molar-refractivity contribution < 1.29 is 18.3 Å². The van der Waals surface area contributed by atoms with Crippen LogP contribution in [0.1, 0.15) is 17.2 Å². The second kappa shape index (κ2) is 6.66. The van der Waals surface area contributed by atoms with E-state index in [0.717, 1.165) is 11.8 Å². The number of thioether (sulfide) groups is 1. The summed E-state index contributed by atoms with van der Waals surface area (Å²) in [5, 5.41) is 17.2. The molecule has 2 heterocycles. The molecular weight excluding hydrogens is 323 g/mol. The first-order valence-corrected chi connectivity index (χ1v) is 7.59. The van der Waals surface area contributed by atoms with Crippen LogP contribution in [0.15, 0.2) is 55.4 Å². The van der Waals surface area contributed by atoms with Gasteiger partial charge in [-0.3, -0.25) is 4.79 Å². The van der Waals surface area contributed by atoms with Crippen LogP contribution in [-0.4, -0.2) is 15.3 Å². The molecule has 3 aromatic rings. The fourth-order valence-electron chi connectivity index (χ4n) is 1.84. The Kier molecular flexibility index (Phi) is 4.42. The van der Waals surface area contributed by atoms with Gasteiger partial charge in [-0.1, -0.05) is 23.9 Å². The van der Waals surface area contributed by atoms with E-state index in [-0.39, 0.29) is 5.82 Å². The van der Waals surface area contributed by atoms with E-state index >= 15 is 0 Å². The highest BCUT2D eigenvalue weighted by Crippen LogP contribution is 2.22. The van der Waals surface area contributed by atoms with Gasteiger partial charge in [-0.2, -0.15) is 0 Å². The van der Waals surface area contributed by atoms with Gasteiger partial charge in [0.25, 0.3) is 5.22 Å². The average molecular weight is 334 g/mol. The largest absolute Gasteiger partial charge is 0.502 e. The first kappa shape index (κ1) is 15.3. The molecule has 6 nitrogen and oxygen atoms in total. The Morgan fingerprint density at radius 2 is 2.13 bits per heavy atom. The molecule has 0 atom stereocenters. The van der Waals surface area contributed by atoms with Gasteiger partial charge in [0.1, 0.15) is 17.8 Å². The van der Waals surface area contributed by atoms with E-state index in [4.69, 9.17) is 13.9 Å². The molecule has 118 valence electrons. The lowest BCUT2D eigenvalue weighted by Crippen LogP contribution is -1.98. The Hall–Kier alpha value is -2.61. The van der Waals surface area contributed by atoms with Crippen molar-refractivity contribution in [2.45, 2.75) is 17.4 Å². The van der Waals surface area contributed by atoms with Gasteiger partial charge in [0.15, 0.2) is 5.75 Å². The minimum Gasteiger partial charge on any atom is -0.502 e. The van der Waals surface area contributed by atoms with Gasteiger partial charge in [-0.05, 0) is 17.7 Å². The lowest BCUT2D eigenvalue weighted by molar-refractivity contribution is 0.414. The van der Waals surface area contributed by atoms with Crippen molar-refractivity contribution in [3.05, 3.63) is 69.8 Å². The highest BCUT2D eigenvalue weighted by atomic mass is 32.2. The van der Waals surface area contributed by atoms with Crippen molar-refractivity contribution >= 4 is 11.8 Å². The molecule has 0 saturated carbocycles. The number of aromatic nitrogens is 2. The third kappa shape index (κ3) is 3.98. The summed E-state index contributed by atoms with van der Waals surface area (Å²) in [5.41, 5.74) is 0.221. The van der Waals surface area contributed by atoms with E-state index in [9.17, 15) is 9.18 Å². The number of rotatable bonds is 5. The lowest BCUT2D eigenvalue weighted by atomic mass is 10.1. The summed E-state index contributed by atoms with van der Waals surface area (Å²) < 4.78 is 23.6. The van der Waals surface area contributed by atoms with E-state index < -0.39 is 11.2 Å². The van der Waals surface area contributed by atoms with Crippen LogP contribution in [0.5, 0.6) is 5.75 Å². The maximum atomic E-state index is 13.1. The number of halogens is 1. The second-order valence-corrected chi connectivity index (χ2v) is 5.58. The zero-order valence-corrected chi connectivity index (χ0v) is 12.5. The van der Waals surface area contributed by atoms with Crippen LogP contribution in [0, 0.1) is 5.82 Å². The third-order valence-corrected chi connectivity index (χ3v) is 3.74. The molecule has 0 fully saturated rings. The lowest BCUT2D eigenvalue weighted by Gasteiger charge is -1.98. The number of nitrogens with zero attached hydrogens (tertiary/aromatic N) is 2. The molecule has 2 aromatic heterocycles. The highest BCUT2D eigenvalue weighted by molar-refractivity contribution is 7.98. The molecule has 0 aliphatic heterocycles. The number of aromatic hydroxyl groups is 1. The average Bonchev–Trinajstić information content (AvgIpc) is 2.96. The maximum Gasteiger partial charge on any atom is 0.277 e. The van der Waals surface area contributed by atoms with Crippen molar-refractivity contribution in [2.24, 2.45) is 0 Å². The number of hydrogen-bond donors (Lipinski definition) is 1. The molecule has 0 aliphatic rings. The van der Waals surface area contributed by atoms with Crippen LogP contribution in [-0.2, 0) is 12.2 Å². The summed E-state index contributed by atoms with van der Waals surface area (Å²) in [5.74, 6) is 0.290. The highest BCUT2D eigenvalue weighted by Gasteiger charge is 2.10. The van der Waals surface area contributed by atoms with Crippen molar-refractivity contribution in [1.29, 1.82) is 0 Å². The third-order valence-electron chi connectivity index (χ3n) is 2.90. The number of hydrogen-bond acceptors (Lipinski definition) is 7. The normalized spacial score (nSPS) is 10.8. The Bertz CT molecular complexity index is 878. The summed E-state index contributed by atoms with van der Waals surface area (Å²) in [6.07, 6.45) is 1.32. The smallest absolute Gasteiger partial charge is 0.277 e. The van der Waals surface area contributed by atoms with Crippen LogP contribution in [0.25, 0.3) is 0 Å². The van der Waals surface area contributed by atoms with Crippen molar-refractivity contribution in [3.63, 3.8) is 0 Å². The summed E-state index contributed by atoms with van der Waals surface area (Å²) in [6.45, 7) is 0. The zero-order chi connectivity index (χ0) is 16.2. The Morgan fingerprint density at radius 3 is 2.91 bits per heavy atom. The van der Waals surface area contributed by atoms with Crippen LogP contribution in [0.4, 0.5) is 4.39 Å². The quantitative estimate of drug-likeness (QED) is 0.718. The number of benzene rings is 1. The first-order valence-electron chi connectivity index (χ1n) is 6.60. The standard InChI is InChI=1S/C15H11FN2O4S/c16-10-3-1-2-9(4-10)5-14-17-18-15(22-14)23-8-11-6-12(19)13(20)7-21-11/h1-4,6-7,20H,5,8H2. The molecule has 0 spiro atoms. The molecule has 0 amide bonds. The van der Waals surface area contributed by atoms with Crippen molar-refractivity contribution in [2.75, 3.05) is 0 Å². The topological polar surface area (TPSA) is 89.4 Å². The van der Waals surface area contributed by atoms with E-state index in [0.29, 0.717) is 29.0 Å². The fraction of sp³-hybridized carbons (Fsp3) is 0.133. The molecule has 1 aromatic carbocycles. The van der Waals surface area contributed by atoms with Crippen LogP contribution >= 0.6 is 11.8 Å². The molecule has 23 heavy (non-hydrogen) atoms. The molecule has 0 saturated heterocycles. The van der Waals surface area contributed by atoms with E-state index in [2.05, 4.69) is 10.2 Å². The van der Waals surface area contributed by atoms with Crippen molar-refractivity contribution in [1.82, 2.24) is 10.2 Å². The fourth-order valence-corrected chi connectivity index (χ4v) is 2.51. The molecule has 8 heteroatoms. The molecule has 1 N–H and O–H groups in total. The van der Waals surface area contributed by atoms with Crippen LogP contribution in [0.3, 0.4) is 0 Å². The Balaban J connectivity index is 1.63. The van der Waals surface area contributed by atoms with E-state index in [1.54, 1.807) is 12.1 Å². The monoisotopic (exact) mass is 334 g/mol. The Morgan fingerprint density at radius 1 is 1.26 bits per heavy atom. The van der Waals surface area contributed by atoms with Gasteiger partial charge in [0, 0.05) is 6.07 Å². The van der Waals surface area contributed by atoms with Gasteiger partial charge in [-0.15, -0.1) is 10.2 Å². The van der Waals surface area contributed by atoms with Gasteiger partial charge in [0.05, 0.1) is 12.2 Å². The molecule has 0 radical (unpaired) electrons. The summed E-state index contributed by atoms with van der Waals surface area (Å²) >= 11 is 1.19. The summed E-state index contributed by atoms with van der Waals surface area (Å²) in [7, 11) is 0. The van der Waals surface area contributed by atoms with Gasteiger partial charge in [0.2, 0.25) is 11.3 Å². The first-order chi connectivity index (χ1) is 11.1. The molecule has 3 rings (SSSR count). The van der Waals surface area contributed by atoms with Crippen LogP contribution < -0.4 is 5.43 Å². The zero-order valence-electron chi connectivity index (χ0n) is 11.7. The second-order valence-electron chi connectivity index (χ2n) is 4.65. The predicted molar refractivity (Wildman–Crippen MR) is 79.7 cm³/mol. The predicted octanol–water partition coefficient (Wildman–Crippen LogP) is 2.75. The summed E-state index contributed by atoms with van der Waals surface area (Å²) in [4.78, 5) is 11.3. The summed E-state index contributed by atoms with van der Waals surface area (Å²) in [6, 6.07) is 7.35. The van der Waals surface area contributed by atoms with E-state index in [1.807, 2.05) is 0 Å². The van der Waals surface area contributed by atoms with Crippen molar-refractivity contribution in [3.8, 4) is 5.75 Å². The SMILES string of the molecule is O=c1cc(CSc2nnc(Cc3cccc(F)c3)o2)occ1O. The van der Waals surface area contributed by atoms with Gasteiger partial charge < -0.3 is 13.9 Å². The van der Waals surface area contributed by atoms with E-state index in [1.165, 1.54) is 30.0 Å². The molecular formula is C15H11FN2O4S. The van der Waals surface area contributed by atoms with Crippen LogP contribution in [0.2, 0.25) is 0 Å². The van der Waals surface area contributed by atoms with Gasteiger partial charge in [-0.25, -0.2) is 4.39 Å². The molecule has 0 bridgehead atoms. The minimum atomic E-state index is -0.510. The van der Waals surface area contributed by atoms with Gasteiger partial charge >= 0.3 is 0 Å². The minimum absolute atomic E-state index is 0.303. The molecule has 0 unspecified atom stereocenters.